The van der Waals surface area contributed by atoms with Crippen LogP contribution in [0.1, 0.15) is 20.3 Å². The van der Waals surface area contributed by atoms with E-state index in [2.05, 4.69) is 46.2 Å². The monoisotopic (exact) mass is 550 g/mol. The summed E-state index contributed by atoms with van der Waals surface area (Å²) in [6.07, 6.45) is 4.53. The summed E-state index contributed by atoms with van der Waals surface area (Å²) in [6, 6.07) is 16.5. The molecule has 8 nitrogen and oxygen atoms in total. The van der Waals surface area contributed by atoms with E-state index in [4.69, 9.17) is 16.6 Å². The smallest absolute Gasteiger partial charge is 0.243 e. The second-order valence-corrected chi connectivity index (χ2v) is 12.2. The van der Waals surface area contributed by atoms with Crippen molar-refractivity contribution in [1.29, 1.82) is 0 Å². The molecule has 0 aliphatic carbocycles. The highest BCUT2D eigenvalue weighted by atomic mass is 35.5. The molecule has 3 heterocycles. The zero-order valence-corrected chi connectivity index (χ0v) is 23.1. The lowest BCUT2D eigenvalue weighted by atomic mass is 10.0. The molecule has 0 saturated carbocycles. The number of fused-ring (bicyclic) bond motifs is 1. The molecular formula is C28H31ClN6O2S. The highest BCUT2D eigenvalue weighted by Gasteiger charge is 2.28. The van der Waals surface area contributed by atoms with Crippen molar-refractivity contribution in [3.63, 3.8) is 0 Å². The van der Waals surface area contributed by atoms with Crippen molar-refractivity contribution in [2.24, 2.45) is 5.92 Å². The number of sulfonamides is 1. The topological polar surface area (TPSA) is 91.3 Å². The van der Waals surface area contributed by atoms with Crippen molar-refractivity contribution in [2.75, 3.05) is 42.9 Å². The SMILES string of the molecule is CC(C)CCNc1ncnc2ccc(-c3ccc(N4CCN(S(=O)(=O)c5ccc(Cl)cc5)CC4)nc3)cc12. The first-order chi connectivity index (χ1) is 18.3. The van der Waals surface area contributed by atoms with E-state index in [1.807, 2.05) is 24.4 Å². The van der Waals surface area contributed by atoms with Crippen LogP contribution in [0, 0.1) is 5.92 Å². The molecule has 1 N–H and O–H groups in total. The Labute approximate surface area is 228 Å². The lowest BCUT2D eigenvalue weighted by Crippen LogP contribution is -2.48. The number of nitrogens with zero attached hydrogens (tertiary/aromatic N) is 5. The maximum Gasteiger partial charge on any atom is 0.243 e. The molecular weight excluding hydrogens is 520 g/mol. The highest BCUT2D eigenvalue weighted by molar-refractivity contribution is 7.89. The molecule has 0 spiro atoms. The molecule has 10 heteroatoms. The fourth-order valence-electron chi connectivity index (χ4n) is 4.51. The van der Waals surface area contributed by atoms with Gasteiger partial charge >= 0.3 is 0 Å². The Kier molecular flexibility index (Phi) is 7.78. The standard InChI is InChI=1S/C28H31ClN6O2S/c1-20(2)11-12-30-28-25-17-21(3-9-26(25)32-19-33-28)22-4-10-27(31-18-22)34-13-15-35(16-14-34)38(36,37)24-7-5-23(29)6-8-24/h3-10,17-20H,11-16H2,1-2H3,(H,30,32,33). The number of halogens is 1. The Bertz CT molecular complexity index is 1500. The molecule has 38 heavy (non-hydrogen) atoms. The molecule has 2 aromatic carbocycles. The first kappa shape index (κ1) is 26.3. The molecule has 198 valence electrons. The fourth-order valence-corrected chi connectivity index (χ4v) is 6.06. The van der Waals surface area contributed by atoms with Crippen LogP contribution >= 0.6 is 11.6 Å². The number of aromatic nitrogens is 3. The molecule has 1 fully saturated rings. The molecule has 2 aromatic heterocycles. The van der Waals surface area contributed by atoms with E-state index in [1.165, 1.54) is 4.31 Å². The van der Waals surface area contributed by atoms with Crippen LogP contribution in [-0.2, 0) is 10.0 Å². The highest BCUT2D eigenvalue weighted by Crippen LogP contribution is 2.28. The quantitative estimate of drug-likeness (QED) is 0.318. The molecule has 0 atom stereocenters. The zero-order valence-electron chi connectivity index (χ0n) is 21.5. The predicted octanol–water partition coefficient (Wildman–Crippen LogP) is 5.31. The summed E-state index contributed by atoms with van der Waals surface area (Å²) in [6.45, 7) is 7.20. The van der Waals surface area contributed by atoms with E-state index in [1.54, 1.807) is 30.6 Å². The Balaban J connectivity index is 1.27. The number of hydrogen-bond acceptors (Lipinski definition) is 7. The van der Waals surface area contributed by atoms with Crippen LogP contribution in [-0.4, -0.2) is 60.4 Å². The predicted molar refractivity (Wildman–Crippen MR) is 153 cm³/mol. The lowest BCUT2D eigenvalue weighted by molar-refractivity contribution is 0.384. The summed E-state index contributed by atoms with van der Waals surface area (Å²) in [4.78, 5) is 16.0. The van der Waals surface area contributed by atoms with Gasteiger partial charge in [-0.1, -0.05) is 31.5 Å². The normalized spacial score (nSPS) is 14.8. The largest absolute Gasteiger partial charge is 0.369 e. The maximum atomic E-state index is 13.0. The Morgan fingerprint density at radius 3 is 2.34 bits per heavy atom. The number of rotatable bonds is 8. The summed E-state index contributed by atoms with van der Waals surface area (Å²) in [5.74, 6) is 2.29. The van der Waals surface area contributed by atoms with Crippen LogP contribution in [0.25, 0.3) is 22.0 Å². The van der Waals surface area contributed by atoms with Crippen molar-refractivity contribution < 1.29 is 8.42 Å². The number of piperazine rings is 1. The third-order valence-corrected chi connectivity index (χ3v) is 8.91. The molecule has 5 rings (SSSR count). The van der Waals surface area contributed by atoms with E-state index in [9.17, 15) is 8.42 Å². The average Bonchev–Trinajstić information content (AvgIpc) is 2.93. The second kappa shape index (κ2) is 11.2. The van der Waals surface area contributed by atoms with Crippen LogP contribution in [0.5, 0.6) is 0 Å². The lowest BCUT2D eigenvalue weighted by Gasteiger charge is -2.34. The van der Waals surface area contributed by atoms with Gasteiger partial charge in [-0.25, -0.2) is 23.4 Å². The van der Waals surface area contributed by atoms with Crippen molar-refractivity contribution in [1.82, 2.24) is 19.3 Å². The van der Waals surface area contributed by atoms with Crippen LogP contribution in [0.3, 0.4) is 0 Å². The summed E-state index contributed by atoms with van der Waals surface area (Å²) in [5.41, 5.74) is 2.93. The van der Waals surface area contributed by atoms with E-state index < -0.39 is 10.0 Å². The third-order valence-electron chi connectivity index (χ3n) is 6.74. The van der Waals surface area contributed by atoms with Gasteiger partial charge in [-0.15, -0.1) is 0 Å². The van der Waals surface area contributed by atoms with E-state index in [0.29, 0.717) is 37.1 Å². The first-order valence-corrected chi connectivity index (χ1v) is 14.6. The summed E-state index contributed by atoms with van der Waals surface area (Å²) >= 11 is 5.91. The number of anilines is 2. The Morgan fingerprint density at radius 2 is 1.66 bits per heavy atom. The molecule has 1 aliphatic rings. The van der Waals surface area contributed by atoms with Gasteiger partial charge in [-0.05, 0) is 66.4 Å². The van der Waals surface area contributed by atoms with Gasteiger partial charge in [0.05, 0.1) is 10.4 Å². The molecule has 1 saturated heterocycles. The van der Waals surface area contributed by atoms with Crippen molar-refractivity contribution in [3.05, 3.63) is 72.1 Å². The zero-order chi connectivity index (χ0) is 26.7. The van der Waals surface area contributed by atoms with Crippen LogP contribution < -0.4 is 10.2 Å². The minimum absolute atomic E-state index is 0.261. The van der Waals surface area contributed by atoms with E-state index in [0.717, 1.165) is 46.6 Å². The Morgan fingerprint density at radius 1 is 0.921 bits per heavy atom. The minimum Gasteiger partial charge on any atom is -0.369 e. The second-order valence-electron chi connectivity index (χ2n) is 9.81. The third kappa shape index (κ3) is 5.75. The molecule has 4 aromatic rings. The van der Waals surface area contributed by atoms with E-state index in [-0.39, 0.29) is 4.90 Å². The summed E-state index contributed by atoms with van der Waals surface area (Å²) < 4.78 is 27.5. The number of nitrogens with one attached hydrogen (secondary N) is 1. The van der Waals surface area contributed by atoms with Gasteiger partial charge < -0.3 is 10.2 Å². The Hall–Kier alpha value is -3.27. The summed E-state index contributed by atoms with van der Waals surface area (Å²) in [7, 11) is -3.55. The molecule has 0 amide bonds. The average molecular weight is 551 g/mol. The minimum atomic E-state index is -3.55. The maximum absolute atomic E-state index is 13.0. The van der Waals surface area contributed by atoms with Crippen molar-refractivity contribution in [2.45, 2.75) is 25.2 Å². The van der Waals surface area contributed by atoms with Crippen LogP contribution in [0.2, 0.25) is 5.02 Å². The van der Waals surface area contributed by atoms with Crippen molar-refractivity contribution >= 4 is 44.2 Å². The number of hydrogen-bond donors (Lipinski definition) is 1. The van der Waals surface area contributed by atoms with Gasteiger partial charge in [-0.3, -0.25) is 0 Å². The van der Waals surface area contributed by atoms with Gasteiger partial charge in [0, 0.05) is 54.9 Å². The van der Waals surface area contributed by atoms with Gasteiger partial charge in [0.25, 0.3) is 0 Å². The molecule has 0 radical (unpaired) electrons. The van der Waals surface area contributed by atoms with Crippen LogP contribution in [0.15, 0.2) is 72.0 Å². The summed E-state index contributed by atoms with van der Waals surface area (Å²) in [5, 5.41) is 4.95. The van der Waals surface area contributed by atoms with Gasteiger partial charge in [0.2, 0.25) is 10.0 Å². The van der Waals surface area contributed by atoms with Crippen molar-refractivity contribution in [3.8, 4) is 11.1 Å². The molecule has 1 aliphatic heterocycles. The molecule has 0 unspecified atom stereocenters. The fraction of sp³-hybridized carbons (Fsp3) is 0.321. The number of pyridine rings is 1. The van der Waals surface area contributed by atoms with Gasteiger partial charge in [-0.2, -0.15) is 4.31 Å². The van der Waals surface area contributed by atoms with E-state index >= 15 is 0 Å². The van der Waals surface area contributed by atoms with Gasteiger partial charge in [0.15, 0.2) is 0 Å². The molecule has 0 bridgehead atoms. The number of benzene rings is 2. The van der Waals surface area contributed by atoms with Gasteiger partial charge in [0.1, 0.15) is 18.0 Å². The van der Waals surface area contributed by atoms with Crippen LogP contribution in [0.4, 0.5) is 11.6 Å². The first-order valence-electron chi connectivity index (χ1n) is 12.8.